The Hall–Kier alpha value is -1.02. The van der Waals surface area contributed by atoms with Crippen molar-refractivity contribution in [2.75, 3.05) is 5.32 Å². The normalized spacial score (nSPS) is 14.1. The fourth-order valence-corrected chi connectivity index (χ4v) is 2.06. The van der Waals surface area contributed by atoms with Crippen LogP contribution in [-0.4, -0.2) is 22.1 Å². The van der Waals surface area contributed by atoms with E-state index in [0.29, 0.717) is 17.1 Å². The van der Waals surface area contributed by atoms with E-state index in [0.717, 1.165) is 10.0 Å². The standard InChI is InChI=1S/C13H15BrN2O3S/c1-7-11(15-13(17)18-8(2)20)12(19-16-7)9-3-5-10(14)6-4-9/h3-6,8,13,15,17,20H,1-2H3. The fourth-order valence-electron chi connectivity index (χ4n) is 1.68. The quantitative estimate of drug-likeness (QED) is 0.564. The lowest BCUT2D eigenvalue weighted by atomic mass is 10.1. The molecule has 20 heavy (non-hydrogen) atoms. The van der Waals surface area contributed by atoms with Crippen molar-refractivity contribution in [3.8, 4) is 11.3 Å². The first-order valence-corrected chi connectivity index (χ1v) is 7.28. The Labute approximate surface area is 130 Å². The van der Waals surface area contributed by atoms with Crippen LogP contribution in [0.1, 0.15) is 12.6 Å². The third-order valence-corrected chi connectivity index (χ3v) is 3.21. The van der Waals surface area contributed by atoms with Crippen molar-refractivity contribution >= 4 is 34.2 Å². The van der Waals surface area contributed by atoms with Crippen LogP contribution in [0.3, 0.4) is 0 Å². The molecule has 108 valence electrons. The number of nitrogens with one attached hydrogen (secondary N) is 1. The second-order valence-corrected chi connectivity index (χ2v) is 5.85. The van der Waals surface area contributed by atoms with Crippen LogP contribution in [0, 0.1) is 6.92 Å². The molecule has 1 aromatic carbocycles. The molecule has 2 atom stereocenters. The molecule has 1 aromatic heterocycles. The average Bonchev–Trinajstić information content (AvgIpc) is 2.71. The van der Waals surface area contributed by atoms with E-state index in [4.69, 9.17) is 9.26 Å². The van der Waals surface area contributed by atoms with Gasteiger partial charge in [-0.1, -0.05) is 21.1 Å². The lowest BCUT2D eigenvalue weighted by Gasteiger charge is -2.16. The van der Waals surface area contributed by atoms with Crippen LogP contribution in [0.4, 0.5) is 5.69 Å². The molecule has 1 heterocycles. The van der Waals surface area contributed by atoms with E-state index >= 15 is 0 Å². The van der Waals surface area contributed by atoms with Gasteiger partial charge in [-0.3, -0.25) is 0 Å². The molecule has 0 aliphatic carbocycles. The molecule has 0 radical (unpaired) electrons. The minimum Gasteiger partial charge on any atom is -0.354 e. The predicted molar refractivity (Wildman–Crippen MR) is 83.5 cm³/mol. The number of aliphatic hydroxyl groups excluding tert-OH is 1. The summed E-state index contributed by atoms with van der Waals surface area (Å²) in [5, 5.41) is 16.5. The van der Waals surface area contributed by atoms with Crippen molar-refractivity contribution in [2.24, 2.45) is 0 Å². The van der Waals surface area contributed by atoms with E-state index in [9.17, 15) is 5.11 Å². The van der Waals surface area contributed by atoms with Gasteiger partial charge in [0.1, 0.15) is 16.8 Å². The predicted octanol–water partition coefficient (Wildman–Crippen LogP) is 3.39. The maximum absolute atomic E-state index is 9.77. The number of hydrogen-bond donors (Lipinski definition) is 3. The first-order valence-electron chi connectivity index (χ1n) is 5.97. The molecule has 2 N–H and O–H groups in total. The van der Waals surface area contributed by atoms with Gasteiger partial charge in [-0.05, 0) is 38.1 Å². The number of halogens is 1. The molecule has 0 amide bonds. The van der Waals surface area contributed by atoms with Gasteiger partial charge in [0.2, 0.25) is 6.41 Å². The zero-order valence-electron chi connectivity index (χ0n) is 11.0. The van der Waals surface area contributed by atoms with Gasteiger partial charge in [0.05, 0.1) is 0 Å². The molecule has 0 fully saturated rings. The number of aliphatic hydroxyl groups is 1. The zero-order chi connectivity index (χ0) is 14.7. The molecule has 5 nitrogen and oxygen atoms in total. The van der Waals surface area contributed by atoms with Crippen LogP contribution in [0.2, 0.25) is 0 Å². The third kappa shape index (κ3) is 3.76. The first-order chi connectivity index (χ1) is 9.47. The minimum absolute atomic E-state index is 0.395. The van der Waals surface area contributed by atoms with Crippen molar-refractivity contribution in [3.05, 3.63) is 34.4 Å². The summed E-state index contributed by atoms with van der Waals surface area (Å²) in [6, 6.07) is 7.59. The summed E-state index contributed by atoms with van der Waals surface area (Å²) in [5.74, 6) is 0.546. The number of rotatable bonds is 5. The van der Waals surface area contributed by atoms with Crippen LogP contribution in [-0.2, 0) is 4.74 Å². The Bertz CT molecular complexity index is 571. The number of hydrogen-bond acceptors (Lipinski definition) is 6. The van der Waals surface area contributed by atoms with Crippen molar-refractivity contribution < 1.29 is 14.4 Å². The number of benzene rings is 1. The second-order valence-electron chi connectivity index (χ2n) is 4.21. The molecule has 0 aliphatic heterocycles. The summed E-state index contributed by atoms with van der Waals surface area (Å²) in [6.45, 7) is 3.50. The number of nitrogens with zero attached hydrogens (tertiary/aromatic N) is 1. The Kier molecular flexibility index (Phi) is 5.09. The zero-order valence-corrected chi connectivity index (χ0v) is 13.5. The monoisotopic (exact) mass is 358 g/mol. The summed E-state index contributed by atoms with van der Waals surface area (Å²) < 4.78 is 11.4. The van der Waals surface area contributed by atoms with E-state index in [1.807, 2.05) is 24.3 Å². The smallest absolute Gasteiger partial charge is 0.236 e. The van der Waals surface area contributed by atoms with E-state index < -0.39 is 11.8 Å². The van der Waals surface area contributed by atoms with Crippen LogP contribution >= 0.6 is 28.6 Å². The molecule has 0 bridgehead atoms. The molecular formula is C13H15BrN2O3S. The van der Waals surface area contributed by atoms with E-state index in [1.54, 1.807) is 13.8 Å². The fraction of sp³-hybridized carbons (Fsp3) is 0.308. The Balaban J connectivity index is 2.25. The molecular weight excluding hydrogens is 344 g/mol. The van der Waals surface area contributed by atoms with E-state index in [2.05, 4.69) is 39.0 Å². The first kappa shape index (κ1) is 15.4. The number of anilines is 1. The van der Waals surface area contributed by atoms with Crippen molar-refractivity contribution in [2.45, 2.75) is 25.7 Å². The third-order valence-electron chi connectivity index (χ3n) is 2.56. The maximum Gasteiger partial charge on any atom is 0.236 e. The lowest BCUT2D eigenvalue weighted by molar-refractivity contribution is -0.0838. The molecule has 2 aromatic rings. The second kappa shape index (κ2) is 6.62. The average molecular weight is 359 g/mol. The van der Waals surface area contributed by atoms with Crippen molar-refractivity contribution in [1.82, 2.24) is 5.16 Å². The Morgan fingerprint density at radius 2 is 2.05 bits per heavy atom. The molecule has 7 heteroatoms. The van der Waals surface area contributed by atoms with Gasteiger partial charge in [0, 0.05) is 10.0 Å². The summed E-state index contributed by atoms with van der Waals surface area (Å²) in [5.41, 5.74) is 1.68. The lowest BCUT2D eigenvalue weighted by Crippen LogP contribution is -2.25. The summed E-state index contributed by atoms with van der Waals surface area (Å²) >= 11 is 7.43. The molecule has 0 aliphatic rings. The Morgan fingerprint density at radius 1 is 1.40 bits per heavy atom. The van der Waals surface area contributed by atoms with Crippen LogP contribution in [0.5, 0.6) is 0 Å². The van der Waals surface area contributed by atoms with E-state index in [-0.39, 0.29) is 0 Å². The van der Waals surface area contributed by atoms with Crippen LogP contribution < -0.4 is 5.32 Å². The Morgan fingerprint density at radius 3 is 2.65 bits per heavy atom. The number of ether oxygens (including phenoxy) is 1. The highest BCUT2D eigenvalue weighted by Crippen LogP contribution is 2.32. The van der Waals surface area contributed by atoms with Gasteiger partial charge in [0.25, 0.3) is 0 Å². The van der Waals surface area contributed by atoms with Crippen LogP contribution in [0.15, 0.2) is 33.3 Å². The van der Waals surface area contributed by atoms with Crippen molar-refractivity contribution in [3.63, 3.8) is 0 Å². The summed E-state index contributed by atoms with van der Waals surface area (Å²) in [4.78, 5) is 0. The van der Waals surface area contributed by atoms with Gasteiger partial charge < -0.3 is 19.7 Å². The highest BCUT2D eigenvalue weighted by Gasteiger charge is 2.18. The SMILES string of the molecule is Cc1noc(-c2ccc(Br)cc2)c1NC(O)OC(C)S. The topological polar surface area (TPSA) is 67.5 Å². The maximum atomic E-state index is 9.77. The van der Waals surface area contributed by atoms with Gasteiger partial charge in [0.15, 0.2) is 5.76 Å². The highest BCUT2D eigenvalue weighted by molar-refractivity contribution is 9.10. The molecule has 2 rings (SSSR count). The number of aryl methyl sites for hydroxylation is 1. The van der Waals surface area contributed by atoms with Gasteiger partial charge in [-0.2, -0.15) is 0 Å². The summed E-state index contributed by atoms with van der Waals surface area (Å²) in [7, 11) is 0. The van der Waals surface area contributed by atoms with Crippen LogP contribution in [0.25, 0.3) is 11.3 Å². The number of thiol groups is 1. The van der Waals surface area contributed by atoms with Gasteiger partial charge in [-0.25, -0.2) is 0 Å². The van der Waals surface area contributed by atoms with E-state index in [1.165, 1.54) is 0 Å². The molecule has 0 spiro atoms. The minimum atomic E-state index is -1.19. The highest BCUT2D eigenvalue weighted by atomic mass is 79.9. The van der Waals surface area contributed by atoms with Gasteiger partial charge >= 0.3 is 0 Å². The largest absolute Gasteiger partial charge is 0.354 e. The number of aromatic nitrogens is 1. The molecule has 0 saturated carbocycles. The molecule has 0 saturated heterocycles. The molecule has 2 unspecified atom stereocenters. The summed E-state index contributed by atoms with van der Waals surface area (Å²) in [6.07, 6.45) is -1.19. The van der Waals surface area contributed by atoms with Gasteiger partial charge in [-0.15, -0.1) is 12.6 Å². The van der Waals surface area contributed by atoms with Crippen molar-refractivity contribution in [1.29, 1.82) is 0 Å².